The Hall–Kier alpha value is -1.62. The van der Waals surface area contributed by atoms with Crippen LogP contribution in [0.15, 0.2) is 40.0 Å². The minimum absolute atomic E-state index is 0.142. The van der Waals surface area contributed by atoms with Gasteiger partial charge in [-0.3, -0.25) is 4.79 Å². The van der Waals surface area contributed by atoms with Crippen LogP contribution >= 0.6 is 15.9 Å². The van der Waals surface area contributed by atoms with Crippen LogP contribution in [-0.2, 0) is 4.79 Å². The molecule has 5 heteroatoms. The third kappa shape index (κ3) is 2.16. The lowest BCUT2D eigenvalue weighted by atomic mass is 9.85. The lowest BCUT2D eigenvalue weighted by Crippen LogP contribution is -2.47. The van der Waals surface area contributed by atoms with Crippen LogP contribution in [-0.4, -0.2) is 23.8 Å². The van der Waals surface area contributed by atoms with E-state index in [1.165, 1.54) is 0 Å². The fourth-order valence-electron chi connectivity index (χ4n) is 2.87. The number of amides is 2. The Morgan fingerprint density at radius 2 is 2.10 bits per heavy atom. The van der Waals surface area contributed by atoms with Gasteiger partial charge >= 0.3 is 6.03 Å². The van der Waals surface area contributed by atoms with Crippen LogP contribution in [0.2, 0.25) is 0 Å². The highest BCUT2D eigenvalue weighted by Gasteiger charge is 2.37. The van der Waals surface area contributed by atoms with Crippen molar-refractivity contribution >= 4 is 27.7 Å². The van der Waals surface area contributed by atoms with Crippen molar-refractivity contribution in [3.05, 3.63) is 45.6 Å². The maximum atomic E-state index is 12.3. The summed E-state index contributed by atoms with van der Waals surface area (Å²) in [5.74, 6) is 0.142. The topological polar surface area (TPSA) is 49.4 Å². The lowest BCUT2D eigenvalue weighted by molar-refractivity contribution is -0.116. The van der Waals surface area contributed by atoms with Gasteiger partial charge in [-0.15, -0.1) is 0 Å². The first-order valence-electron chi connectivity index (χ1n) is 6.64. The SMILES string of the molecule is CN1C(=O)N[C@@H](c2cccc(Br)c2)C2=C1CCCC2=O. The molecule has 104 valence electrons. The molecule has 0 saturated carbocycles. The standard InChI is InChI=1S/C15H15BrN2O2/c1-18-11-6-3-7-12(19)13(11)14(17-15(18)20)9-4-2-5-10(16)8-9/h2,4-5,8,14H,3,6-7H2,1H3,(H,17,20)/t14-/m0/s1. The van der Waals surface area contributed by atoms with E-state index in [1.54, 1.807) is 11.9 Å². The number of carbonyl (C=O) groups excluding carboxylic acids is 2. The van der Waals surface area contributed by atoms with Crippen molar-refractivity contribution in [2.75, 3.05) is 7.05 Å². The molecule has 0 aromatic heterocycles. The minimum Gasteiger partial charge on any atom is -0.327 e. The number of benzene rings is 1. The van der Waals surface area contributed by atoms with E-state index in [0.29, 0.717) is 6.42 Å². The number of nitrogens with one attached hydrogen (secondary N) is 1. The van der Waals surface area contributed by atoms with Crippen molar-refractivity contribution in [2.24, 2.45) is 0 Å². The number of urea groups is 1. The summed E-state index contributed by atoms with van der Waals surface area (Å²) in [5.41, 5.74) is 2.55. The second kappa shape index (κ2) is 5.05. The molecule has 1 aliphatic carbocycles. The van der Waals surface area contributed by atoms with Gasteiger partial charge < -0.3 is 10.2 Å². The van der Waals surface area contributed by atoms with Crippen LogP contribution < -0.4 is 5.32 Å². The smallest absolute Gasteiger partial charge is 0.322 e. The van der Waals surface area contributed by atoms with Gasteiger partial charge in [-0.25, -0.2) is 4.79 Å². The van der Waals surface area contributed by atoms with Crippen LogP contribution in [0.4, 0.5) is 4.79 Å². The van der Waals surface area contributed by atoms with E-state index in [4.69, 9.17) is 0 Å². The Bertz CT molecular complexity index is 624. The summed E-state index contributed by atoms with van der Waals surface area (Å²) in [4.78, 5) is 26.0. The van der Waals surface area contributed by atoms with Gasteiger partial charge in [0, 0.05) is 29.2 Å². The zero-order valence-electron chi connectivity index (χ0n) is 11.1. The van der Waals surface area contributed by atoms with Crippen LogP contribution in [0.5, 0.6) is 0 Å². The number of halogens is 1. The molecule has 1 aromatic rings. The summed E-state index contributed by atoms with van der Waals surface area (Å²) < 4.78 is 0.939. The number of allylic oxidation sites excluding steroid dienone is 1. The van der Waals surface area contributed by atoms with Crippen molar-refractivity contribution in [1.29, 1.82) is 0 Å². The minimum atomic E-state index is -0.334. The third-order valence-corrected chi connectivity index (χ3v) is 4.37. The summed E-state index contributed by atoms with van der Waals surface area (Å²) in [5, 5.41) is 2.93. The zero-order chi connectivity index (χ0) is 14.3. The molecule has 1 heterocycles. The largest absolute Gasteiger partial charge is 0.327 e. The monoisotopic (exact) mass is 334 g/mol. The highest BCUT2D eigenvalue weighted by atomic mass is 79.9. The quantitative estimate of drug-likeness (QED) is 0.857. The van der Waals surface area contributed by atoms with Crippen molar-refractivity contribution in [3.8, 4) is 0 Å². The predicted octanol–water partition coefficient (Wildman–Crippen LogP) is 3.15. The summed E-state index contributed by atoms with van der Waals surface area (Å²) in [6.45, 7) is 0. The second-order valence-corrected chi connectivity index (χ2v) is 6.05. The van der Waals surface area contributed by atoms with E-state index in [-0.39, 0.29) is 17.9 Å². The molecule has 0 unspecified atom stereocenters. The molecule has 4 nitrogen and oxygen atoms in total. The molecule has 0 fully saturated rings. The van der Waals surface area contributed by atoms with Gasteiger partial charge in [0.25, 0.3) is 0 Å². The Morgan fingerprint density at radius 1 is 1.30 bits per heavy atom. The van der Waals surface area contributed by atoms with Gasteiger partial charge in [0.1, 0.15) is 0 Å². The number of hydrogen-bond donors (Lipinski definition) is 1. The van der Waals surface area contributed by atoms with Gasteiger partial charge in [-0.2, -0.15) is 0 Å². The van der Waals surface area contributed by atoms with Gasteiger partial charge in [0.05, 0.1) is 6.04 Å². The molecule has 3 rings (SSSR count). The van der Waals surface area contributed by atoms with Crippen molar-refractivity contribution in [2.45, 2.75) is 25.3 Å². The summed E-state index contributed by atoms with van der Waals surface area (Å²) in [7, 11) is 1.72. The number of hydrogen-bond acceptors (Lipinski definition) is 2. The Balaban J connectivity index is 2.12. The van der Waals surface area contributed by atoms with E-state index >= 15 is 0 Å². The fraction of sp³-hybridized carbons (Fsp3) is 0.333. The molecule has 1 atom stereocenters. The average Bonchev–Trinajstić information content (AvgIpc) is 2.43. The molecule has 20 heavy (non-hydrogen) atoms. The van der Waals surface area contributed by atoms with Crippen molar-refractivity contribution < 1.29 is 9.59 Å². The third-order valence-electron chi connectivity index (χ3n) is 3.88. The molecule has 1 aromatic carbocycles. The maximum absolute atomic E-state index is 12.3. The Labute approximate surface area is 126 Å². The van der Waals surface area contributed by atoms with E-state index in [2.05, 4.69) is 21.2 Å². The van der Waals surface area contributed by atoms with Gasteiger partial charge in [-0.05, 0) is 30.5 Å². The molecule has 2 amide bonds. The molecule has 0 spiro atoms. The van der Waals surface area contributed by atoms with Gasteiger partial charge in [-0.1, -0.05) is 28.1 Å². The van der Waals surface area contributed by atoms with Gasteiger partial charge in [0.15, 0.2) is 5.78 Å². The molecule has 2 aliphatic rings. The lowest BCUT2D eigenvalue weighted by Gasteiger charge is -2.37. The Morgan fingerprint density at radius 3 is 2.85 bits per heavy atom. The molecule has 0 bridgehead atoms. The fourth-order valence-corrected chi connectivity index (χ4v) is 3.29. The van der Waals surface area contributed by atoms with Crippen LogP contribution in [0, 0.1) is 0 Å². The summed E-state index contributed by atoms with van der Waals surface area (Å²) in [6, 6.07) is 7.24. The highest BCUT2D eigenvalue weighted by molar-refractivity contribution is 9.10. The van der Waals surface area contributed by atoms with E-state index in [9.17, 15) is 9.59 Å². The molecule has 0 radical (unpaired) electrons. The molecule has 0 saturated heterocycles. The average molecular weight is 335 g/mol. The summed E-state index contributed by atoms with van der Waals surface area (Å²) in [6.07, 6.45) is 2.17. The first-order valence-corrected chi connectivity index (χ1v) is 7.43. The maximum Gasteiger partial charge on any atom is 0.322 e. The number of Topliss-reactive ketones (excluding diaryl/α,β-unsaturated/α-hetero) is 1. The van der Waals surface area contributed by atoms with Crippen molar-refractivity contribution in [1.82, 2.24) is 10.2 Å². The number of nitrogens with zero attached hydrogens (tertiary/aromatic N) is 1. The number of ketones is 1. The number of rotatable bonds is 1. The molecular formula is C15H15BrN2O2. The van der Waals surface area contributed by atoms with Crippen LogP contribution in [0.1, 0.15) is 30.9 Å². The van der Waals surface area contributed by atoms with E-state index in [1.807, 2.05) is 24.3 Å². The second-order valence-electron chi connectivity index (χ2n) is 5.13. The predicted molar refractivity (Wildman–Crippen MR) is 79.1 cm³/mol. The van der Waals surface area contributed by atoms with Gasteiger partial charge in [0.2, 0.25) is 0 Å². The zero-order valence-corrected chi connectivity index (χ0v) is 12.7. The van der Waals surface area contributed by atoms with E-state index in [0.717, 1.165) is 34.1 Å². The van der Waals surface area contributed by atoms with Crippen molar-refractivity contribution in [3.63, 3.8) is 0 Å². The molecular weight excluding hydrogens is 320 g/mol. The first-order chi connectivity index (χ1) is 9.58. The highest BCUT2D eigenvalue weighted by Crippen LogP contribution is 2.36. The van der Waals surface area contributed by atoms with Crippen LogP contribution in [0.25, 0.3) is 0 Å². The first kappa shape index (κ1) is 13.4. The number of carbonyl (C=O) groups is 2. The van der Waals surface area contributed by atoms with Crippen LogP contribution in [0.3, 0.4) is 0 Å². The van der Waals surface area contributed by atoms with E-state index < -0.39 is 0 Å². The molecule has 1 aliphatic heterocycles. The normalized spacial score (nSPS) is 22.7. The summed E-state index contributed by atoms with van der Waals surface area (Å²) >= 11 is 3.43. The Kier molecular flexibility index (Phi) is 3.38. The molecule has 1 N–H and O–H groups in total.